The Labute approximate surface area is 144 Å². The molecule has 0 fully saturated rings. The normalized spacial score (nSPS) is 11.2. The molecule has 0 atom stereocenters. The number of carbonyl (C=O) groups is 1. The Morgan fingerprint density at radius 3 is 2.83 bits per heavy atom. The van der Waals surface area contributed by atoms with Gasteiger partial charge in [-0.15, -0.1) is 0 Å². The molecule has 1 aromatic carbocycles. The van der Waals surface area contributed by atoms with E-state index >= 15 is 0 Å². The number of benzene rings is 1. The minimum absolute atomic E-state index is 0.0132. The lowest BCUT2D eigenvalue weighted by molar-refractivity contribution is -0.116. The van der Waals surface area contributed by atoms with Crippen LogP contribution in [0.3, 0.4) is 0 Å². The van der Waals surface area contributed by atoms with Gasteiger partial charge in [0.25, 0.3) is 0 Å². The van der Waals surface area contributed by atoms with Crippen LogP contribution in [0.4, 0.5) is 0 Å². The van der Waals surface area contributed by atoms with Crippen LogP contribution in [0.5, 0.6) is 0 Å². The molecule has 4 nitrogen and oxygen atoms in total. The molecule has 2 aromatic rings. The first-order chi connectivity index (χ1) is 11.6. The molecule has 24 heavy (non-hydrogen) atoms. The van der Waals surface area contributed by atoms with Gasteiger partial charge in [-0.3, -0.25) is 4.79 Å². The van der Waals surface area contributed by atoms with Gasteiger partial charge in [-0.1, -0.05) is 36.8 Å². The van der Waals surface area contributed by atoms with Crippen molar-refractivity contribution in [2.75, 3.05) is 6.54 Å². The highest BCUT2D eigenvalue weighted by atomic mass is 16.1. The van der Waals surface area contributed by atoms with Crippen molar-refractivity contribution in [1.29, 1.82) is 0 Å². The van der Waals surface area contributed by atoms with E-state index in [9.17, 15) is 4.79 Å². The number of hydrogen-bond donors (Lipinski definition) is 1. The van der Waals surface area contributed by atoms with Gasteiger partial charge >= 0.3 is 0 Å². The number of carbonyl (C=O) groups excluding carboxylic acids is 1. The Bertz CT molecular complexity index is 728. The van der Waals surface area contributed by atoms with E-state index in [1.165, 1.54) is 5.52 Å². The summed E-state index contributed by atoms with van der Waals surface area (Å²) in [7, 11) is 0. The Hall–Kier alpha value is -2.36. The van der Waals surface area contributed by atoms with Crippen LogP contribution in [0, 0.1) is 0 Å². The molecule has 1 heterocycles. The second-order valence-corrected chi connectivity index (χ2v) is 6.16. The summed E-state index contributed by atoms with van der Waals surface area (Å²) >= 11 is 0. The Kier molecular flexibility index (Phi) is 6.79. The predicted molar refractivity (Wildman–Crippen MR) is 99.9 cm³/mol. The van der Waals surface area contributed by atoms with Crippen LogP contribution in [0.15, 0.2) is 48.6 Å². The van der Waals surface area contributed by atoms with Crippen LogP contribution in [-0.2, 0) is 17.8 Å². The van der Waals surface area contributed by atoms with Crippen molar-refractivity contribution in [2.45, 2.75) is 46.1 Å². The number of rotatable bonds is 9. The quantitative estimate of drug-likeness (QED) is 0.430. The molecule has 0 spiro atoms. The fraction of sp³-hybridized carbons (Fsp3) is 0.400. The predicted octanol–water partition coefficient (Wildman–Crippen LogP) is 4.02. The topological polar surface area (TPSA) is 46.9 Å². The number of hydrogen-bond acceptors (Lipinski definition) is 2. The Morgan fingerprint density at radius 1 is 1.29 bits per heavy atom. The van der Waals surface area contributed by atoms with Gasteiger partial charge in [0.1, 0.15) is 5.82 Å². The maximum absolute atomic E-state index is 11.3. The highest BCUT2D eigenvalue weighted by molar-refractivity contribution is 5.87. The van der Waals surface area contributed by atoms with Gasteiger partial charge < -0.3 is 9.88 Å². The number of nitrogens with zero attached hydrogens (tertiary/aromatic N) is 2. The molecule has 2 rings (SSSR count). The Morgan fingerprint density at radius 2 is 2.08 bits per heavy atom. The molecule has 4 heteroatoms. The van der Waals surface area contributed by atoms with Crippen molar-refractivity contribution in [3.8, 4) is 0 Å². The number of nitrogens with one attached hydrogen (secondary N) is 1. The van der Waals surface area contributed by atoms with Crippen molar-refractivity contribution in [3.63, 3.8) is 0 Å². The lowest BCUT2D eigenvalue weighted by Crippen LogP contribution is -2.21. The lowest BCUT2D eigenvalue weighted by Gasteiger charge is -2.09. The molecule has 0 aliphatic rings. The van der Waals surface area contributed by atoms with E-state index in [1.807, 2.05) is 19.9 Å². The zero-order valence-electron chi connectivity index (χ0n) is 14.7. The average Bonchev–Trinajstić information content (AvgIpc) is 2.88. The third-order valence-electron chi connectivity index (χ3n) is 3.86. The number of fused-ring (bicyclic) bond motifs is 1. The smallest absolute Gasteiger partial charge is 0.243 e. The van der Waals surface area contributed by atoms with E-state index in [0.29, 0.717) is 0 Å². The van der Waals surface area contributed by atoms with Gasteiger partial charge in [0, 0.05) is 19.5 Å². The fourth-order valence-corrected chi connectivity index (χ4v) is 2.77. The van der Waals surface area contributed by atoms with E-state index in [1.54, 1.807) is 12.2 Å². The summed E-state index contributed by atoms with van der Waals surface area (Å²) in [6.07, 6.45) is 7.39. The molecule has 0 saturated heterocycles. The van der Waals surface area contributed by atoms with E-state index in [2.05, 4.69) is 34.7 Å². The first-order valence-corrected chi connectivity index (χ1v) is 8.61. The summed E-state index contributed by atoms with van der Waals surface area (Å²) < 4.78 is 2.27. The summed E-state index contributed by atoms with van der Waals surface area (Å²) in [5.74, 6) is 1.11. The number of aryl methyl sites for hydroxylation is 1. The molecule has 128 valence electrons. The number of unbranched alkanes of at least 4 members (excludes halogenated alkanes) is 2. The average molecular weight is 325 g/mol. The number of para-hydroxylation sites is 2. The molecule has 0 radical (unpaired) electrons. The van der Waals surface area contributed by atoms with Gasteiger partial charge in [0.2, 0.25) is 5.91 Å². The summed E-state index contributed by atoms with van der Waals surface area (Å²) in [5.41, 5.74) is 3.35. The monoisotopic (exact) mass is 325 g/mol. The molecule has 1 aromatic heterocycles. The second kappa shape index (κ2) is 9.06. The number of allylic oxidation sites excluding steroid dienone is 2. The van der Waals surface area contributed by atoms with E-state index in [0.717, 1.165) is 55.7 Å². The number of imidazole rings is 1. The van der Waals surface area contributed by atoms with Crippen LogP contribution >= 0.6 is 0 Å². The van der Waals surface area contributed by atoms with Crippen LogP contribution in [-0.4, -0.2) is 22.0 Å². The SMILES string of the molecule is C=C(C)Cn1c(CCCCCNC(=O)/C=C/C)nc2ccccc21. The molecule has 0 saturated carbocycles. The first-order valence-electron chi connectivity index (χ1n) is 8.61. The molecule has 0 aliphatic heterocycles. The van der Waals surface area contributed by atoms with E-state index in [4.69, 9.17) is 4.98 Å². The summed E-state index contributed by atoms with van der Waals surface area (Å²) in [6, 6.07) is 8.25. The van der Waals surface area contributed by atoms with Crippen LogP contribution in [0.25, 0.3) is 11.0 Å². The van der Waals surface area contributed by atoms with Gasteiger partial charge in [-0.25, -0.2) is 4.98 Å². The number of aromatic nitrogens is 2. The van der Waals surface area contributed by atoms with Crippen LogP contribution in [0.2, 0.25) is 0 Å². The summed E-state index contributed by atoms with van der Waals surface area (Å²) in [5, 5.41) is 2.88. The van der Waals surface area contributed by atoms with E-state index in [-0.39, 0.29) is 5.91 Å². The minimum atomic E-state index is -0.0132. The minimum Gasteiger partial charge on any atom is -0.353 e. The van der Waals surface area contributed by atoms with Crippen LogP contribution < -0.4 is 5.32 Å². The van der Waals surface area contributed by atoms with Crippen molar-refractivity contribution in [3.05, 3.63) is 54.4 Å². The van der Waals surface area contributed by atoms with Gasteiger partial charge in [0.05, 0.1) is 11.0 Å². The highest BCUT2D eigenvalue weighted by Gasteiger charge is 2.10. The third-order valence-corrected chi connectivity index (χ3v) is 3.86. The standard InChI is InChI=1S/C20H27N3O/c1-4-10-20(24)21-14-9-5-6-13-19-22-17-11-7-8-12-18(17)23(19)15-16(2)3/h4,7-8,10-12H,2,5-6,9,13-15H2,1,3H3,(H,21,24)/b10-4+. The van der Waals surface area contributed by atoms with Gasteiger partial charge in [0.15, 0.2) is 0 Å². The lowest BCUT2D eigenvalue weighted by atomic mass is 10.2. The summed E-state index contributed by atoms with van der Waals surface area (Å²) in [6.45, 7) is 9.47. The third kappa shape index (κ3) is 5.08. The van der Waals surface area contributed by atoms with Crippen molar-refractivity contribution < 1.29 is 4.79 Å². The first kappa shape index (κ1) is 18.0. The zero-order chi connectivity index (χ0) is 17.4. The van der Waals surface area contributed by atoms with Crippen molar-refractivity contribution in [1.82, 2.24) is 14.9 Å². The molecule has 0 bridgehead atoms. The fourth-order valence-electron chi connectivity index (χ4n) is 2.77. The second-order valence-electron chi connectivity index (χ2n) is 6.16. The van der Waals surface area contributed by atoms with Crippen molar-refractivity contribution in [2.24, 2.45) is 0 Å². The van der Waals surface area contributed by atoms with E-state index < -0.39 is 0 Å². The van der Waals surface area contributed by atoms with Gasteiger partial charge in [-0.2, -0.15) is 0 Å². The molecule has 0 aliphatic carbocycles. The van der Waals surface area contributed by atoms with Crippen molar-refractivity contribution >= 4 is 16.9 Å². The molecule has 1 amide bonds. The zero-order valence-corrected chi connectivity index (χ0v) is 14.7. The molecule has 0 unspecified atom stereocenters. The highest BCUT2D eigenvalue weighted by Crippen LogP contribution is 2.19. The largest absolute Gasteiger partial charge is 0.353 e. The van der Waals surface area contributed by atoms with Crippen LogP contribution in [0.1, 0.15) is 38.9 Å². The summed E-state index contributed by atoms with van der Waals surface area (Å²) in [4.78, 5) is 16.1. The number of amides is 1. The molecular formula is C20H27N3O. The maximum atomic E-state index is 11.3. The maximum Gasteiger partial charge on any atom is 0.243 e. The molecular weight excluding hydrogens is 298 g/mol. The Balaban J connectivity index is 1.88. The van der Waals surface area contributed by atoms with Gasteiger partial charge in [-0.05, 0) is 44.9 Å². The molecule has 1 N–H and O–H groups in total.